The monoisotopic (exact) mass is 429 g/mol. The van der Waals surface area contributed by atoms with Crippen LogP contribution in [0.2, 0.25) is 10.0 Å². The quantitative estimate of drug-likeness (QED) is 0.456. The zero-order valence-electron chi connectivity index (χ0n) is 14.6. The van der Waals surface area contributed by atoms with Crippen molar-refractivity contribution in [3.8, 4) is 10.6 Å². The lowest BCUT2D eigenvalue weighted by atomic mass is 10.2. The molecular formula is C19H13Cl2N5OS. The number of hydrogen-bond acceptors (Lipinski definition) is 5. The largest absolute Gasteiger partial charge is 0.322 e. The lowest BCUT2D eigenvalue weighted by Gasteiger charge is -2.04. The van der Waals surface area contributed by atoms with Crippen LogP contribution in [0.1, 0.15) is 11.4 Å². The minimum absolute atomic E-state index is 0.267. The Morgan fingerprint density at radius 1 is 1.18 bits per heavy atom. The van der Waals surface area contributed by atoms with Gasteiger partial charge in [0.2, 0.25) is 10.9 Å². The lowest BCUT2D eigenvalue weighted by molar-refractivity contribution is -0.111. The van der Waals surface area contributed by atoms with Crippen molar-refractivity contribution in [3.63, 3.8) is 0 Å². The van der Waals surface area contributed by atoms with Crippen LogP contribution in [0.5, 0.6) is 0 Å². The molecule has 2 aromatic carbocycles. The molecule has 0 aliphatic heterocycles. The van der Waals surface area contributed by atoms with E-state index in [4.69, 9.17) is 23.2 Å². The Bertz CT molecular complexity index is 1210. The van der Waals surface area contributed by atoms with Crippen molar-refractivity contribution in [1.29, 1.82) is 0 Å². The SMILES string of the molecule is Cc1nnc2sc(-c3cccc(NC(=O)C=Cc4ccc(Cl)cc4Cl)c3)nn12. The summed E-state index contributed by atoms with van der Waals surface area (Å²) in [6.07, 6.45) is 3.07. The number of amides is 1. The van der Waals surface area contributed by atoms with Crippen LogP contribution in [-0.4, -0.2) is 25.7 Å². The highest BCUT2D eigenvalue weighted by Gasteiger charge is 2.11. The molecule has 4 rings (SSSR count). The third-order valence-corrected chi connectivity index (χ3v) is 5.41. The molecule has 9 heteroatoms. The molecule has 0 radical (unpaired) electrons. The van der Waals surface area contributed by atoms with E-state index in [9.17, 15) is 4.79 Å². The summed E-state index contributed by atoms with van der Waals surface area (Å²) in [5.41, 5.74) is 2.26. The van der Waals surface area contributed by atoms with Gasteiger partial charge in [0.15, 0.2) is 5.82 Å². The van der Waals surface area contributed by atoms with E-state index in [1.54, 1.807) is 28.8 Å². The Labute approximate surface area is 174 Å². The van der Waals surface area contributed by atoms with Gasteiger partial charge in [0.1, 0.15) is 5.01 Å². The summed E-state index contributed by atoms with van der Waals surface area (Å²) in [5.74, 6) is 0.463. The van der Waals surface area contributed by atoms with E-state index in [1.165, 1.54) is 17.4 Å². The minimum Gasteiger partial charge on any atom is -0.322 e. The van der Waals surface area contributed by atoms with Crippen LogP contribution in [0, 0.1) is 6.92 Å². The molecule has 0 bridgehead atoms. The van der Waals surface area contributed by atoms with Gasteiger partial charge in [-0.1, -0.05) is 52.7 Å². The fourth-order valence-corrected chi connectivity index (χ4v) is 3.90. The second-order valence-electron chi connectivity index (χ2n) is 5.92. The summed E-state index contributed by atoms with van der Waals surface area (Å²) in [7, 11) is 0. The molecule has 4 aromatic rings. The average molecular weight is 430 g/mol. The molecule has 0 aliphatic rings. The van der Waals surface area contributed by atoms with Crippen LogP contribution in [-0.2, 0) is 4.79 Å². The van der Waals surface area contributed by atoms with Gasteiger partial charge in [0.05, 0.1) is 0 Å². The Balaban J connectivity index is 1.51. The van der Waals surface area contributed by atoms with Crippen molar-refractivity contribution in [1.82, 2.24) is 19.8 Å². The van der Waals surface area contributed by atoms with E-state index >= 15 is 0 Å². The molecule has 2 heterocycles. The van der Waals surface area contributed by atoms with E-state index in [1.807, 2.05) is 31.2 Å². The number of hydrogen-bond donors (Lipinski definition) is 1. The molecule has 1 N–H and O–H groups in total. The predicted octanol–water partition coefficient (Wildman–Crippen LogP) is 5.12. The van der Waals surface area contributed by atoms with Gasteiger partial charge in [-0.15, -0.1) is 10.2 Å². The zero-order valence-corrected chi connectivity index (χ0v) is 16.9. The van der Waals surface area contributed by atoms with Crippen LogP contribution >= 0.6 is 34.5 Å². The van der Waals surface area contributed by atoms with E-state index < -0.39 is 0 Å². The molecule has 0 spiro atoms. The first-order valence-corrected chi connectivity index (χ1v) is 9.80. The number of anilines is 1. The number of benzene rings is 2. The summed E-state index contributed by atoms with van der Waals surface area (Å²) in [6, 6.07) is 12.6. The molecule has 0 fully saturated rings. The average Bonchev–Trinajstić information content (AvgIpc) is 3.23. The molecule has 28 heavy (non-hydrogen) atoms. The number of nitrogens with one attached hydrogen (secondary N) is 1. The van der Waals surface area contributed by atoms with Gasteiger partial charge in [-0.3, -0.25) is 4.79 Å². The van der Waals surface area contributed by atoms with E-state index in [2.05, 4.69) is 20.6 Å². The summed E-state index contributed by atoms with van der Waals surface area (Å²) in [6.45, 7) is 1.85. The second kappa shape index (κ2) is 7.71. The molecule has 0 saturated heterocycles. The van der Waals surface area contributed by atoms with Crippen LogP contribution < -0.4 is 5.32 Å². The molecule has 2 aromatic heterocycles. The maximum absolute atomic E-state index is 12.3. The van der Waals surface area contributed by atoms with Crippen molar-refractivity contribution in [2.45, 2.75) is 6.92 Å². The normalized spacial score (nSPS) is 11.4. The van der Waals surface area contributed by atoms with Gasteiger partial charge in [0, 0.05) is 27.4 Å². The van der Waals surface area contributed by atoms with Crippen molar-refractivity contribution >= 4 is 57.2 Å². The Hall–Kier alpha value is -2.74. The van der Waals surface area contributed by atoms with Gasteiger partial charge in [-0.2, -0.15) is 9.61 Å². The van der Waals surface area contributed by atoms with Gasteiger partial charge in [-0.25, -0.2) is 0 Å². The zero-order chi connectivity index (χ0) is 19.7. The maximum Gasteiger partial charge on any atom is 0.248 e. The third kappa shape index (κ3) is 3.91. The number of carbonyl (C=O) groups is 1. The van der Waals surface area contributed by atoms with Crippen molar-refractivity contribution in [2.75, 3.05) is 5.32 Å². The van der Waals surface area contributed by atoms with E-state index in [0.29, 0.717) is 21.3 Å². The Kier molecular flexibility index (Phi) is 5.13. The first-order chi connectivity index (χ1) is 13.5. The number of nitrogens with zero attached hydrogens (tertiary/aromatic N) is 4. The summed E-state index contributed by atoms with van der Waals surface area (Å²) >= 11 is 13.4. The maximum atomic E-state index is 12.3. The molecule has 0 atom stereocenters. The third-order valence-electron chi connectivity index (χ3n) is 3.90. The van der Waals surface area contributed by atoms with Gasteiger partial charge >= 0.3 is 0 Å². The molecule has 6 nitrogen and oxygen atoms in total. The number of carbonyl (C=O) groups excluding carboxylic acids is 1. The molecule has 0 aliphatic carbocycles. The highest BCUT2D eigenvalue weighted by Crippen LogP contribution is 2.27. The van der Waals surface area contributed by atoms with Crippen LogP contribution in [0.4, 0.5) is 5.69 Å². The molecular weight excluding hydrogens is 417 g/mol. The fraction of sp³-hybridized carbons (Fsp3) is 0.0526. The Morgan fingerprint density at radius 3 is 2.82 bits per heavy atom. The minimum atomic E-state index is -0.267. The van der Waals surface area contributed by atoms with Gasteiger partial charge in [0.25, 0.3) is 0 Å². The topological polar surface area (TPSA) is 72.2 Å². The highest BCUT2D eigenvalue weighted by atomic mass is 35.5. The Morgan fingerprint density at radius 2 is 2.04 bits per heavy atom. The predicted molar refractivity (Wildman–Crippen MR) is 113 cm³/mol. The van der Waals surface area contributed by atoms with Crippen LogP contribution in [0.15, 0.2) is 48.5 Å². The van der Waals surface area contributed by atoms with Crippen molar-refractivity contribution < 1.29 is 4.79 Å². The van der Waals surface area contributed by atoms with Gasteiger partial charge < -0.3 is 5.32 Å². The number of rotatable bonds is 4. The number of aromatic nitrogens is 4. The summed E-state index contributed by atoms with van der Waals surface area (Å²) < 4.78 is 1.70. The van der Waals surface area contributed by atoms with Crippen molar-refractivity contribution in [2.24, 2.45) is 0 Å². The molecule has 0 saturated carbocycles. The van der Waals surface area contributed by atoms with E-state index in [-0.39, 0.29) is 5.91 Å². The number of aryl methyl sites for hydroxylation is 1. The van der Waals surface area contributed by atoms with E-state index in [0.717, 1.165) is 21.4 Å². The smallest absolute Gasteiger partial charge is 0.248 e. The highest BCUT2D eigenvalue weighted by molar-refractivity contribution is 7.19. The lowest BCUT2D eigenvalue weighted by Crippen LogP contribution is -2.07. The molecule has 140 valence electrons. The van der Waals surface area contributed by atoms with Crippen LogP contribution in [0.25, 0.3) is 21.6 Å². The first-order valence-electron chi connectivity index (χ1n) is 8.23. The fourth-order valence-electron chi connectivity index (χ4n) is 2.55. The second-order valence-corrected chi connectivity index (χ2v) is 7.72. The van der Waals surface area contributed by atoms with Gasteiger partial charge in [-0.05, 0) is 42.8 Å². The summed E-state index contributed by atoms with van der Waals surface area (Å²) in [5, 5.41) is 17.2. The van der Waals surface area contributed by atoms with Crippen LogP contribution in [0.3, 0.4) is 0 Å². The standard InChI is InChI=1S/C19H13Cl2N5OS/c1-11-23-24-19-26(11)25-18(28-19)13-3-2-4-15(9-13)22-17(27)8-6-12-5-7-14(20)10-16(12)21/h2-10H,1H3,(H,22,27). The number of fused-ring (bicyclic) bond motifs is 1. The summed E-state index contributed by atoms with van der Waals surface area (Å²) in [4.78, 5) is 13.0. The molecule has 0 unspecified atom stereocenters. The van der Waals surface area contributed by atoms with Crippen molar-refractivity contribution in [3.05, 3.63) is 70.0 Å². The number of halogens is 2. The first kappa shape index (κ1) is 18.6. The molecule has 1 amide bonds.